The lowest BCUT2D eigenvalue weighted by Gasteiger charge is -2.34. The van der Waals surface area contributed by atoms with Crippen molar-refractivity contribution >= 4 is 28.7 Å². The van der Waals surface area contributed by atoms with Crippen molar-refractivity contribution in [2.24, 2.45) is 7.05 Å². The molecule has 0 bridgehead atoms. The van der Waals surface area contributed by atoms with Crippen molar-refractivity contribution in [3.8, 4) is 11.8 Å². The molecule has 1 aromatic carbocycles. The number of imidazole rings is 1. The number of rotatable bonds is 11. The molecule has 0 radical (unpaired) electrons. The van der Waals surface area contributed by atoms with Crippen LogP contribution in [0.4, 0.5) is 30.4 Å². The van der Waals surface area contributed by atoms with Crippen LogP contribution >= 0.6 is 0 Å². The Morgan fingerprint density at radius 2 is 1.82 bits per heavy atom. The fraction of sp³-hybridized carbons (Fsp3) is 0.342. The number of likely N-dealkylation sites (N-methyl/N-ethyl adjacent to an activating group) is 1. The topological polar surface area (TPSA) is 82.7 Å². The van der Waals surface area contributed by atoms with Gasteiger partial charge in [-0.05, 0) is 61.2 Å². The third kappa shape index (κ3) is 9.31. The first-order chi connectivity index (χ1) is 23.9. The molecular formula is C38H43F3N8O. The van der Waals surface area contributed by atoms with Crippen molar-refractivity contribution < 1.29 is 18.0 Å². The summed E-state index contributed by atoms with van der Waals surface area (Å²) in [6.45, 7) is 14.3. The molecule has 12 heteroatoms. The number of amides is 1. The number of allylic oxidation sites excluding steroid dienone is 4. The standard InChI is InChI=1S/C38H43F3N8O/c1-6-29(23-36(50)43-31-14-13-30(33(24-31)38(39,40)41)26-48-21-19-47(7-2)20-22-48)12-10-27(3)28(4)11-15-32-25-42-37-34(9-8-17-49(32)37)44-35-16-18-46(5)45-35/h8-10,12-14,16-18,24-25H,4,6-7,19-23,26H2,1-3,5H3,(H,43,50)(H,44,45)/b27-10-,29-12+. The zero-order valence-corrected chi connectivity index (χ0v) is 28.9. The molecule has 1 saturated heterocycles. The van der Waals surface area contributed by atoms with E-state index in [9.17, 15) is 18.0 Å². The average Bonchev–Trinajstić information content (AvgIpc) is 3.71. The largest absolute Gasteiger partial charge is 0.416 e. The van der Waals surface area contributed by atoms with Crippen LogP contribution in [0.3, 0.4) is 0 Å². The van der Waals surface area contributed by atoms with E-state index < -0.39 is 11.7 Å². The summed E-state index contributed by atoms with van der Waals surface area (Å²) >= 11 is 0. The second kappa shape index (κ2) is 16.1. The highest BCUT2D eigenvalue weighted by Gasteiger charge is 2.34. The fourth-order valence-electron chi connectivity index (χ4n) is 5.68. The number of aromatic nitrogens is 4. The van der Waals surface area contributed by atoms with Gasteiger partial charge in [0.15, 0.2) is 11.5 Å². The van der Waals surface area contributed by atoms with E-state index in [1.807, 2.05) is 72.9 Å². The maximum atomic E-state index is 14.1. The van der Waals surface area contributed by atoms with E-state index in [2.05, 4.69) is 51.0 Å². The first-order valence-corrected chi connectivity index (χ1v) is 16.7. The molecule has 262 valence electrons. The molecule has 4 heterocycles. The maximum absolute atomic E-state index is 14.1. The molecule has 5 rings (SSSR count). The highest BCUT2D eigenvalue weighted by atomic mass is 19.4. The number of hydrogen-bond donors (Lipinski definition) is 2. The highest BCUT2D eigenvalue weighted by molar-refractivity contribution is 5.92. The zero-order chi connectivity index (χ0) is 35.8. The van der Waals surface area contributed by atoms with Crippen molar-refractivity contribution in [1.82, 2.24) is 29.0 Å². The number of alkyl halides is 3. The van der Waals surface area contributed by atoms with Gasteiger partial charge in [-0.15, -0.1) is 0 Å². The number of carbonyl (C=O) groups excluding carboxylic acids is 1. The predicted octanol–water partition coefficient (Wildman–Crippen LogP) is 7.19. The first-order valence-electron chi connectivity index (χ1n) is 16.7. The number of nitrogens with zero attached hydrogens (tertiary/aromatic N) is 6. The van der Waals surface area contributed by atoms with Gasteiger partial charge in [-0.25, -0.2) is 4.98 Å². The van der Waals surface area contributed by atoms with Crippen molar-refractivity contribution in [2.45, 2.75) is 46.3 Å². The molecule has 0 spiro atoms. The van der Waals surface area contributed by atoms with Gasteiger partial charge in [0.2, 0.25) is 5.91 Å². The van der Waals surface area contributed by atoms with E-state index in [0.29, 0.717) is 29.2 Å². The number of piperazine rings is 1. The predicted molar refractivity (Wildman–Crippen MR) is 192 cm³/mol. The molecule has 0 saturated carbocycles. The number of benzene rings is 1. The monoisotopic (exact) mass is 684 g/mol. The molecule has 0 aliphatic carbocycles. The number of pyridine rings is 1. The summed E-state index contributed by atoms with van der Waals surface area (Å²) < 4.78 is 45.8. The van der Waals surface area contributed by atoms with Crippen LogP contribution < -0.4 is 10.6 Å². The summed E-state index contributed by atoms with van der Waals surface area (Å²) in [6, 6.07) is 9.77. The molecule has 1 amide bonds. The van der Waals surface area contributed by atoms with E-state index in [1.54, 1.807) is 16.9 Å². The quantitative estimate of drug-likeness (QED) is 0.129. The maximum Gasteiger partial charge on any atom is 0.416 e. The Kier molecular flexibility index (Phi) is 11.6. The van der Waals surface area contributed by atoms with E-state index >= 15 is 0 Å². The number of hydrogen-bond acceptors (Lipinski definition) is 6. The van der Waals surface area contributed by atoms with Crippen LogP contribution in [-0.4, -0.2) is 67.6 Å². The Labute approximate surface area is 291 Å². The van der Waals surface area contributed by atoms with Gasteiger partial charge in [0.25, 0.3) is 0 Å². The van der Waals surface area contributed by atoms with Crippen LogP contribution in [0, 0.1) is 11.8 Å². The van der Waals surface area contributed by atoms with Crippen molar-refractivity contribution in [3.63, 3.8) is 0 Å². The zero-order valence-electron chi connectivity index (χ0n) is 28.9. The second-order valence-corrected chi connectivity index (χ2v) is 12.3. The van der Waals surface area contributed by atoms with Crippen LogP contribution in [-0.2, 0) is 24.6 Å². The lowest BCUT2D eigenvalue weighted by atomic mass is 10.0. The first kappa shape index (κ1) is 36.2. The van der Waals surface area contributed by atoms with Crippen LogP contribution in [0.1, 0.15) is 50.4 Å². The Morgan fingerprint density at radius 3 is 2.50 bits per heavy atom. The molecule has 1 aliphatic heterocycles. The van der Waals surface area contributed by atoms with Gasteiger partial charge in [0.05, 0.1) is 17.4 Å². The van der Waals surface area contributed by atoms with Gasteiger partial charge in [0, 0.05) is 75.9 Å². The Balaban J connectivity index is 1.21. The molecule has 1 fully saturated rings. The summed E-state index contributed by atoms with van der Waals surface area (Å²) in [4.78, 5) is 21.8. The smallest absolute Gasteiger partial charge is 0.336 e. The number of nitrogens with one attached hydrogen (secondary N) is 2. The molecule has 4 aromatic rings. The minimum atomic E-state index is -4.53. The van der Waals surface area contributed by atoms with Crippen LogP contribution in [0.15, 0.2) is 90.4 Å². The Hall–Kier alpha value is -5.12. The van der Waals surface area contributed by atoms with Crippen molar-refractivity contribution in [1.29, 1.82) is 0 Å². The molecule has 1 aliphatic rings. The minimum Gasteiger partial charge on any atom is -0.336 e. The van der Waals surface area contributed by atoms with Gasteiger partial charge >= 0.3 is 6.18 Å². The summed E-state index contributed by atoms with van der Waals surface area (Å²) in [5.74, 6) is 6.57. The third-order valence-electron chi connectivity index (χ3n) is 8.75. The van der Waals surface area contributed by atoms with Crippen LogP contribution in [0.5, 0.6) is 0 Å². The SMILES string of the molecule is C=C(C#Cc1cnc2c(Nc3ccn(C)n3)cccn12)/C(C)=C\C=C(/CC)CC(=O)Nc1ccc(CN2CCN(CC)CC2)c(C(F)(F)F)c1. The highest BCUT2D eigenvalue weighted by Crippen LogP contribution is 2.35. The molecule has 0 atom stereocenters. The lowest BCUT2D eigenvalue weighted by Crippen LogP contribution is -2.45. The van der Waals surface area contributed by atoms with Crippen molar-refractivity contribution in [2.75, 3.05) is 43.4 Å². The lowest BCUT2D eigenvalue weighted by molar-refractivity contribution is -0.138. The summed E-state index contributed by atoms with van der Waals surface area (Å²) in [5, 5.41) is 10.3. The van der Waals surface area contributed by atoms with Gasteiger partial charge in [-0.2, -0.15) is 18.3 Å². The van der Waals surface area contributed by atoms with Crippen LogP contribution in [0.25, 0.3) is 5.65 Å². The molecule has 9 nitrogen and oxygen atoms in total. The second-order valence-electron chi connectivity index (χ2n) is 12.3. The van der Waals surface area contributed by atoms with Crippen LogP contribution in [0.2, 0.25) is 0 Å². The van der Waals surface area contributed by atoms with E-state index in [1.165, 1.54) is 6.07 Å². The minimum absolute atomic E-state index is 0.0416. The molecular weight excluding hydrogens is 641 g/mol. The van der Waals surface area contributed by atoms with Gasteiger partial charge in [-0.1, -0.05) is 50.1 Å². The Bertz CT molecular complexity index is 1970. The number of aryl methyl sites for hydroxylation is 1. The van der Waals surface area contributed by atoms with E-state index in [4.69, 9.17) is 0 Å². The average molecular weight is 685 g/mol. The number of carbonyl (C=O) groups is 1. The molecule has 2 N–H and O–H groups in total. The number of fused-ring (bicyclic) bond motifs is 1. The number of halogens is 3. The van der Waals surface area contributed by atoms with Crippen molar-refractivity contribution in [3.05, 3.63) is 107 Å². The summed E-state index contributed by atoms with van der Waals surface area (Å²) in [7, 11) is 1.85. The molecule has 3 aromatic heterocycles. The van der Waals surface area contributed by atoms with Gasteiger partial charge in [0.1, 0.15) is 5.69 Å². The van der Waals surface area contributed by atoms with E-state index in [-0.39, 0.29) is 30.1 Å². The summed E-state index contributed by atoms with van der Waals surface area (Å²) in [5.41, 5.74) is 4.05. The molecule has 0 unspecified atom stereocenters. The Morgan fingerprint density at radius 1 is 1.06 bits per heavy atom. The third-order valence-corrected chi connectivity index (χ3v) is 8.75. The van der Waals surface area contributed by atoms with E-state index in [0.717, 1.165) is 55.6 Å². The van der Waals surface area contributed by atoms with Gasteiger partial charge in [-0.3, -0.25) is 18.8 Å². The number of anilines is 3. The molecule has 50 heavy (non-hydrogen) atoms. The normalized spacial score (nSPS) is 14.8. The fourth-order valence-corrected chi connectivity index (χ4v) is 5.68. The van der Waals surface area contributed by atoms with Gasteiger partial charge < -0.3 is 15.5 Å². The summed E-state index contributed by atoms with van der Waals surface area (Å²) in [6.07, 6.45) is 5.23.